The molecule has 0 radical (unpaired) electrons. The number of nitrogens with one attached hydrogen (secondary N) is 2. The lowest BCUT2D eigenvalue weighted by Gasteiger charge is -2.19. The van der Waals surface area contributed by atoms with E-state index < -0.39 is 23.7 Å². The number of benzene rings is 2. The van der Waals surface area contributed by atoms with Gasteiger partial charge in [-0.25, -0.2) is 9.59 Å². The number of carbonyl (C=O) groups excluding carboxylic acids is 2. The summed E-state index contributed by atoms with van der Waals surface area (Å²) < 4.78 is 5.56. The van der Waals surface area contributed by atoms with Crippen LogP contribution in [0, 0.1) is 0 Å². The van der Waals surface area contributed by atoms with Crippen LogP contribution in [0.4, 0.5) is 4.79 Å². The van der Waals surface area contributed by atoms with E-state index in [1.54, 1.807) is 0 Å². The molecule has 0 spiro atoms. The average Bonchev–Trinajstić information content (AvgIpc) is 3.44. The molecule has 8 heteroatoms. The van der Waals surface area contributed by atoms with Gasteiger partial charge in [-0.2, -0.15) is 0 Å². The van der Waals surface area contributed by atoms with Gasteiger partial charge in [0.05, 0.1) is 5.54 Å². The van der Waals surface area contributed by atoms with Crippen molar-refractivity contribution in [2.75, 3.05) is 13.2 Å². The minimum Gasteiger partial charge on any atom is -0.479 e. The zero-order valence-corrected chi connectivity index (χ0v) is 17.5. The summed E-state index contributed by atoms with van der Waals surface area (Å²) >= 11 is 0. The van der Waals surface area contributed by atoms with Gasteiger partial charge in [0.2, 0.25) is 5.91 Å². The molecule has 2 aromatic carbocycles. The van der Waals surface area contributed by atoms with Crippen LogP contribution in [0.1, 0.15) is 42.7 Å². The first-order chi connectivity index (χ1) is 15.4. The molecule has 0 unspecified atom stereocenters. The van der Waals surface area contributed by atoms with Gasteiger partial charge >= 0.3 is 12.1 Å². The number of ether oxygens (including phenoxy) is 1. The molecule has 2 aromatic rings. The fraction of sp³-hybridized carbons (Fsp3) is 0.375. The topological polar surface area (TPSA) is 125 Å². The molecular formula is C24H26N2O6. The SMILES string of the molecule is O=C(CC1(NC(=O)OCC2c3ccccc3-c3ccccc32)CC1)NCC[C@H](O)C(=O)O. The van der Waals surface area contributed by atoms with Crippen LogP contribution in [-0.4, -0.2) is 53.0 Å². The van der Waals surface area contributed by atoms with E-state index in [4.69, 9.17) is 9.84 Å². The number of rotatable bonds is 9. The molecule has 32 heavy (non-hydrogen) atoms. The van der Waals surface area contributed by atoms with Crippen molar-refractivity contribution >= 4 is 18.0 Å². The van der Waals surface area contributed by atoms with Crippen molar-refractivity contribution in [1.29, 1.82) is 0 Å². The number of aliphatic hydroxyl groups excluding tert-OH is 1. The average molecular weight is 438 g/mol. The summed E-state index contributed by atoms with van der Waals surface area (Å²) in [4.78, 5) is 35.2. The Morgan fingerprint density at radius 3 is 2.19 bits per heavy atom. The van der Waals surface area contributed by atoms with Crippen molar-refractivity contribution in [2.24, 2.45) is 0 Å². The van der Waals surface area contributed by atoms with Crippen molar-refractivity contribution in [3.63, 3.8) is 0 Å². The quantitative estimate of drug-likeness (QED) is 0.477. The molecule has 0 heterocycles. The Morgan fingerprint density at radius 1 is 1.03 bits per heavy atom. The molecule has 0 saturated heterocycles. The number of carboxylic acids is 1. The van der Waals surface area contributed by atoms with Crippen molar-refractivity contribution in [3.8, 4) is 11.1 Å². The second kappa shape index (κ2) is 9.00. The highest BCUT2D eigenvalue weighted by molar-refractivity contribution is 5.80. The van der Waals surface area contributed by atoms with E-state index in [0.717, 1.165) is 22.3 Å². The van der Waals surface area contributed by atoms with E-state index in [1.165, 1.54) is 0 Å². The van der Waals surface area contributed by atoms with Crippen molar-refractivity contribution in [2.45, 2.75) is 43.2 Å². The monoisotopic (exact) mass is 438 g/mol. The summed E-state index contributed by atoms with van der Waals surface area (Å²) in [5, 5.41) is 23.3. The number of aliphatic hydroxyl groups is 1. The molecule has 4 N–H and O–H groups in total. The summed E-state index contributed by atoms with van der Waals surface area (Å²) in [6.07, 6.45) is -0.721. The van der Waals surface area contributed by atoms with Crippen LogP contribution >= 0.6 is 0 Å². The van der Waals surface area contributed by atoms with Crippen LogP contribution in [0.5, 0.6) is 0 Å². The minimum absolute atomic E-state index is 0.0349. The number of carbonyl (C=O) groups is 3. The van der Waals surface area contributed by atoms with Gasteiger partial charge in [0.1, 0.15) is 6.61 Å². The highest BCUT2D eigenvalue weighted by Crippen LogP contribution is 2.44. The molecule has 0 aliphatic heterocycles. The van der Waals surface area contributed by atoms with Gasteiger partial charge in [-0.15, -0.1) is 0 Å². The maximum Gasteiger partial charge on any atom is 0.407 e. The van der Waals surface area contributed by atoms with Crippen molar-refractivity contribution in [3.05, 3.63) is 59.7 Å². The first kappa shape index (κ1) is 21.8. The molecule has 2 amide bonds. The van der Waals surface area contributed by atoms with Crippen LogP contribution in [0.15, 0.2) is 48.5 Å². The second-order valence-corrected chi connectivity index (χ2v) is 8.40. The normalized spacial score (nSPS) is 16.4. The summed E-state index contributed by atoms with van der Waals surface area (Å²) in [6, 6.07) is 16.2. The van der Waals surface area contributed by atoms with Gasteiger partial charge < -0.3 is 25.6 Å². The molecule has 0 aromatic heterocycles. The fourth-order valence-electron chi connectivity index (χ4n) is 4.19. The van der Waals surface area contributed by atoms with E-state index in [2.05, 4.69) is 34.9 Å². The number of alkyl carbamates (subject to hydrolysis) is 1. The summed E-state index contributed by atoms with van der Waals surface area (Å²) in [6.45, 7) is 0.253. The first-order valence-electron chi connectivity index (χ1n) is 10.7. The van der Waals surface area contributed by atoms with Gasteiger partial charge in [0, 0.05) is 25.3 Å². The summed E-state index contributed by atoms with van der Waals surface area (Å²) in [7, 11) is 0. The number of fused-ring (bicyclic) bond motifs is 3. The number of amides is 2. The van der Waals surface area contributed by atoms with E-state index >= 15 is 0 Å². The third kappa shape index (κ3) is 4.75. The van der Waals surface area contributed by atoms with Crippen LogP contribution in [-0.2, 0) is 14.3 Å². The van der Waals surface area contributed by atoms with E-state index in [9.17, 15) is 19.5 Å². The van der Waals surface area contributed by atoms with E-state index in [0.29, 0.717) is 12.8 Å². The summed E-state index contributed by atoms with van der Waals surface area (Å²) in [5.74, 6) is -1.67. The molecule has 8 nitrogen and oxygen atoms in total. The Hall–Kier alpha value is -3.39. The Bertz CT molecular complexity index is 987. The predicted octanol–water partition coefficient (Wildman–Crippen LogP) is 2.40. The minimum atomic E-state index is -1.51. The maximum absolute atomic E-state index is 12.5. The standard InChI is InChI=1S/C24H26N2O6/c27-20(22(29)30)9-12-25-21(28)13-24(10-11-24)26-23(31)32-14-19-17-7-3-1-5-15(17)16-6-2-4-8-18(16)19/h1-8,19-20,27H,9-14H2,(H,25,28)(H,26,31)(H,29,30)/t20-/m0/s1. The number of carboxylic acid groups (broad SMARTS) is 1. The zero-order chi connectivity index (χ0) is 22.7. The van der Waals surface area contributed by atoms with Gasteiger partial charge in [-0.05, 0) is 35.1 Å². The molecule has 2 aliphatic rings. The van der Waals surface area contributed by atoms with Gasteiger partial charge in [-0.3, -0.25) is 4.79 Å². The molecular weight excluding hydrogens is 412 g/mol. The third-order valence-corrected chi connectivity index (χ3v) is 6.09. The number of aliphatic carboxylic acids is 1. The van der Waals surface area contributed by atoms with Crippen molar-refractivity contribution in [1.82, 2.24) is 10.6 Å². The number of hydrogen-bond donors (Lipinski definition) is 4. The highest BCUT2D eigenvalue weighted by Gasteiger charge is 2.46. The molecule has 2 aliphatic carbocycles. The summed E-state index contributed by atoms with van der Waals surface area (Å²) in [5.41, 5.74) is 3.94. The van der Waals surface area contributed by atoms with Crippen LogP contribution in [0.25, 0.3) is 11.1 Å². The van der Waals surface area contributed by atoms with Crippen molar-refractivity contribution < 1.29 is 29.3 Å². The Balaban J connectivity index is 1.28. The lowest BCUT2D eigenvalue weighted by molar-refractivity contribution is -0.147. The van der Waals surface area contributed by atoms with E-state index in [1.807, 2.05) is 24.3 Å². The third-order valence-electron chi connectivity index (χ3n) is 6.09. The lowest BCUT2D eigenvalue weighted by Crippen LogP contribution is -2.42. The highest BCUT2D eigenvalue weighted by atomic mass is 16.5. The number of hydrogen-bond acceptors (Lipinski definition) is 5. The Labute approximate surface area is 185 Å². The Morgan fingerprint density at radius 2 is 1.62 bits per heavy atom. The molecule has 1 fully saturated rings. The van der Waals surface area contributed by atoms with E-state index in [-0.39, 0.29) is 37.8 Å². The van der Waals surface area contributed by atoms with Crippen LogP contribution < -0.4 is 10.6 Å². The van der Waals surface area contributed by atoms with Crippen LogP contribution in [0.2, 0.25) is 0 Å². The predicted molar refractivity (Wildman–Crippen MR) is 116 cm³/mol. The van der Waals surface area contributed by atoms with Gasteiger partial charge in [0.25, 0.3) is 0 Å². The molecule has 168 valence electrons. The Kier molecular flexibility index (Phi) is 6.14. The zero-order valence-electron chi connectivity index (χ0n) is 17.5. The smallest absolute Gasteiger partial charge is 0.407 e. The molecule has 1 saturated carbocycles. The van der Waals surface area contributed by atoms with Gasteiger partial charge in [0.15, 0.2) is 6.10 Å². The molecule has 0 bridgehead atoms. The largest absolute Gasteiger partial charge is 0.479 e. The molecule has 4 rings (SSSR count). The van der Waals surface area contributed by atoms with Crippen LogP contribution in [0.3, 0.4) is 0 Å². The maximum atomic E-state index is 12.5. The van der Waals surface area contributed by atoms with Gasteiger partial charge in [-0.1, -0.05) is 48.5 Å². The lowest BCUT2D eigenvalue weighted by atomic mass is 9.98. The second-order valence-electron chi connectivity index (χ2n) is 8.40. The molecule has 1 atom stereocenters. The fourth-order valence-corrected chi connectivity index (χ4v) is 4.19. The first-order valence-corrected chi connectivity index (χ1v) is 10.7.